The molecule has 25 heavy (non-hydrogen) atoms. The van der Waals surface area contributed by atoms with Crippen LogP contribution >= 0.6 is 0 Å². The number of cyclic esters (lactones) is 1. The summed E-state index contributed by atoms with van der Waals surface area (Å²) in [5, 5.41) is 2.60. The molecule has 1 aromatic rings. The summed E-state index contributed by atoms with van der Waals surface area (Å²) in [5.74, 6) is -0.205. The van der Waals surface area contributed by atoms with Gasteiger partial charge in [0.2, 0.25) is 5.91 Å². The van der Waals surface area contributed by atoms with Crippen LogP contribution in [0.25, 0.3) is 0 Å². The van der Waals surface area contributed by atoms with Gasteiger partial charge in [-0.2, -0.15) is 0 Å². The molecule has 8 heteroatoms. The number of alkyl carbamates (subject to hydrolysis) is 1. The van der Waals surface area contributed by atoms with Crippen LogP contribution in [0.1, 0.15) is 18.6 Å². The van der Waals surface area contributed by atoms with Gasteiger partial charge in [0, 0.05) is 26.2 Å². The first-order valence-corrected chi connectivity index (χ1v) is 8.32. The molecule has 2 unspecified atom stereocenters. The third-order valence-corrected chi connectivity index (χ3v) is 4.32. The maximum Gasteiger partial charge on any atom is 0.409 e. The summed E-state index contributed by atoms with van der Waals surface area (Å²) in [5.41, 5.74) is 0.768. The zero-order valence-electron chi connectivity index (χ0n) is 14.0. The molecule has 2 aliphatic heterocycles. The van der Waals surface area contributed by atoms with Crippen LogP contribution in [0.5, 0.6) is 0 Å². The van der Waals surface area contributed by atoms with Crippen LogP contribution in [0.3, 0.4) is 0 Å². The summed E-state index contributed by atoms with van der Waals surface area (Å²) in [6.45, 7) is 3.67. The summed E-state index contributed by atoms with van der Waals surface area (Å²) in [7, 11) is 0. The molecule has 8 nitrogen and oxygen atoms in total. The molecular formula is C17H21N3O5. The molecule has 0 aromatic heterocycles. The second-order valence-corrected chi connectivity index (χ2v) is 5.87. The summed E-state index contributed by atoms with van der Waals surface area (Å²) < 4.78 is 10.3. The average Bonchev–Trinajstić information content (AvgIpc) is 3.04. The van der Waals surface area contributed by atoms with Gasteiger partial charge in [0.15, 0.2) is 12.1 Å². The van der Waals surface area contributed by atoms with Gasteiger partial charge < -0.3 is 24.6 Å². The first-order valence-electron chi connectivity index (χ1n) is 8.32. The minimum absolute atomic E-state index is 0.205. The second-order valence-electron chi connectivity index (χ2n) is 5.87. The molecular weight excluding hydrogens is 326 g/mol. The van der Waals surface area contributed by atoms with E-state index in [4.69, 9.17) is 9.47 Å². The van der Waals surface area contributed by atoms with E-state index in [1.165, 1.54) is 0 Å². The number of nitrogens with one attached hydrogen (secondary N) is 1. The first-order chi connectivity index (χ1) is 12.1. The highest BCUT2D eigenvalue weighted by molar-refractivity contribution is 5.89. The van der Waals surface area contributed by atoms with Crippen molar-refractivity contribution in [3.63, 3.8) is 0 Å². The quantitative estimate of drug-likeness (QED) is 0.886. The number of carbonyl (C=O) groups is 3. The maximum absolute atomic E-state index is 12.8. The number of carbonyl (C=O) groups excluding carboxylic acids is 3. The van der Waals surface area contributed by atoms with Gasteiger partial charge in [0.25, 0.3) is 0 Å². The third kappa shape index (κ3) is 3.67. The Morgan fingerprint density at radius 2 is 1.80 bits per heavy atom. The van der Waals surface area contributed by atoms with Gasteiger partial charge in [0.05, 0.1) is 6.61 Å². The van der Waals surface area contributed by atoms with Gasteiger partial charge in [-0.3, -0.25) is 4.79 Å². The van der Waals surface area contributed by atoms with E-state index in [9.17, 15) is 14.4 Å². The molecule has 0 bridgehead atoms. The number of hydrogen-bond acceptors (Lipinski definition) is 5. The van der Waals surface area contributed by atoms with Crippen molar-refractivity contribution in [1.82, 2.24) is 15.1 Å². The Morgan fingerprint density at radius 3 is 2.44 bits per heavy atom. The molecule has 0 spiro atoms. The lowest BCUT2D eigenvalue weighted by molar-refractivity contribution is -0.136. The van der Waals surface area contributed by atoms with E-state index in [0.717, 1.165) is 5.56 Å². The largest absolute Gasteiger partial charge is 0.450 e. The van der Waals surface area contributed by atoms with Crippen molar-refractivity contribution >= 4 is 18.1 Å². The molecule has 0 radical (unpaired) electrons. The lowest BCUT2D eigenvalue weighted by atomic mass is 10.0. The number of benzene rings is 1. The number of amides is 3. The van der Waals surface area contributed by atoms with Crippen molar-refractivity contribution in [1.29, 1.82) is 0 Å². The van der Waals surface area contributed by atoms with Crippen LogP contribution in [0, 0.1) is 0 Å². The Bertz CT molecular complexity index is 643. The minimum Gasteiger partial charge on any atom is -0.450 e. The second kappa shape index (κ2) is 7.42. The summed E-state index contributed by atoms with van der Waals surface area (Å²) >= 11 is 0. The Morgan fingerprint density at radius 1 is 1.16 bits per heavy atom. The van der Waals surface area contributed by atoms with E-state index in [1.807, 2.05) is 30.3 Å². The van der Waals surface area contributed by atoms with E-state index in [1.54, 1.807) is 16.7 Å². The number of rotatable bonds is 3. The van der Waals surface area contributed by atoms with Crippen LogP contribution in [0.4, 0.5) is 9.59 Å². The normalized spacial score (nSPS) is 23.0. The topological polar surface area (TPSA) is 88.2 Å². The highest BCUT2D eigenvalue weighted by atomic mass is 16.6. The van der Waals surface area contributed by atoms with E-state index >= 15 is 0 Å². The van der Waals surface area contributed by atoms with Gasteiger partial charge in [-0.15, -0.1) is 0 Å². The lowest BCUT2D eigenvalue weighted by Crippen LogP contribution is -2.55. The van der Waals surface area contributed by atoms with Crippen molar-refractivity contribution in [2.24, 2.45) is 0 Å². The molecule has 2 saturated heterocycles. The molecule has 3 rings (SSSR count). The predicted octanol–water partition coefficient (Wildman–Crippen LogP) is 1.14. The maximum atomic E-state index is 12.8. The van der Waals surface area contributed by atoms with Crippen LogP contribution < -0.4 is 5.32 Å². The smallest absolute Gasteiger partial charge is 0.409 e. The molecule has 1 aromatic carbocycles. The predicted molar refractivity (Wildman–Crippen MR) is 87.8 cm³/mol. The van der Waals surface area contributed by atoms with Gasteiger partial charge in [-0.05, 0) is 12.5 Å². The van der Waals surface area contributed by atoms with E-state index < -0.39 is 18.2 Å². The fourth-order valence-corrected chi connectivity index (χ4v) is 3.04. The van der Waals surface area contributed by atoms with Gasteiger partial charge in [0.1, 0.15) is 0 Å². The third-order valence-electron chi connectivity index (χ3n) is 4.32. The zero-order valence-corrected chi connectivity index (χ0v) is 14.0. The Labute approximate surface area is 145 Å². The Hall–Kier alpha value is -2.77. The van der Waals surface area contributed by atoms with Gasteiger partial charge in [-0.25, -0.2) is 9.59 Å². The molecule has 2 fully saturated rings. The molecule has 2 atom stereocenters. The zero-order chi connectivity index (χ0) is 17.8. The fraction of sp³-hybridized carbons (Fsp3) is 0.471. The standard InChI is InChI=1S/C17H21N3O5/c1-2-24-17(23)20-10-8-19(9-11-20)15(21)13-14(25-16(22)18-13)12-6-4-3-5-7-12/h3-7,13-14H,2,8-11H2,1H3,(H,18,22). The molecule has 0 aliphatic carbocycles. The van der Waals surface area contributed by atoms with Crippen LogP contribution in [0.2, 0.25) is 0 Å². The first kappa shape index (κ1) is 17.1. The fourth-order valence-electron chi connectivity index (χ4n) is 3.04. The van der Waals surface area contributed by atoms with E-state index in [2.05, 4.69) is 5.32 Å². The molecule has 2 heterocycles. The molecule has 2 aliphatic rings. The van der Waals surface area contributed by atoms with Crippen LogP contribution in [-0.2, 0) is 14.3 Å². The molecule has 134 valence electrons. The number of ether oxygens (including phenoxy) is 2. The van der Waals surface area contributed by atoms with Crippen LogP contribution in [0.15, 0.2) is 30.3 Å². The lowest BCUT2D eigenvalue weighted by Gasteiger charge is -2.35. The summed E-state index contributed by atoms with van der Waals surface area (Å²) in [6, 6.07) is 8.42. The van der Waals surface area contributed by atoms with Crippen LogP contribution in [-0.4, -0.2) is 66.7 Å². The number of nitrogens with zero attached hydrogens (tertiary/aromatic N) is 2. The van der Waals surface area contributed by atoms with Crippen molar-refractivity contribution in [2.45, 2.75) is 19.1 Å². The Kier molecular flexibility index (Phi) is 5.06. The van der Waals surface area contributed by atoms with Gasteiger partial charge >= 0.3 is 12.2 Å². The monoisotopic (exact) mass is 347 g/mol. The van der Waals surface area contributed by atoms with Crippen molar-refractivity contribution in [2.75, 3.05) is 32.8 Å². The van der Waals surface area contributed by atoms with Crippen molar-refractivity contribution in [3.05, 3.63) is 35.9 Å². The highest BCUT2D eigenvalue weighted by Gasteiger charge is 2.42. The molecule has 3 amide bonds. The molecule has 1 N–H and O–H groups in total. The van der Waals surface area contributed by atoms with E-state index in [-0.39, 0.29) is 12.0 Å². The number of piperazine rings is 1. The SMILES string of the molecule is CCOC(=O)N1CCN(C(=O)C2NC(=O)OC2c2ccccc2)CC1. The van der Waals surface area contributed by atoms with E-state index in [0.29, 0.717) is 32.8 Å². The Balaban J connectivity index is 1.64. The average molecular weight is 347 g/mol. The molecule has 0 saturated carbocycles. The highest BCUT2D eigenvalue weighted by Crippen LogP contribution is 2.27. The van der Waals surface area contributed by atoms with Crippen molar-refractivity contribution < 1.29 is 23.9 Å². The van der Waals surface area contributed by atoms with Gasteiger partial charge in [-0.1, -0.05) is 30.3 Å². The summed E-state index contributed by atoms with van der Waals surface area (Å²) in [4.78, 5) is 39.4. The number of hydrogen-bond donors (Lipinski definition) is 1. The van der Waals surface area contributed by atoms with Crippen molar-refractivity contribution in [3.8, 4) is 0 Å². The summed E-state index contributed by atoms with van der Waals surface area (Å²) in [6.07, 6.45) is -1.61. The minimum atomic E-state index is -0.760.